The number of tetrazole rings is 1. The number of amides is 1. The fourth-order valence-corrected chi connectivity index (χ4v) is 2.89. The molecule has 0 saturated heterocycles. The fourth-order valence-electron chi connectivity index (χ4n) is 2.50. The summed E-state index contributed by atoms with van der Waals surface area (Å²) in [6, 6.07) is 14.8. The van der Waals surface area contributed by atoms with Gasteiger partial charge in [-0.25, -0.2) is 0 Å². The van der Waals surface area contributed by atoms with E-state index in [0.717, 1.165) is 15.7 Å². The smallest absolute Gasteiger partial charge is 0.220 e. The van der Waals surface area contributed by atoms with Crippen LogP contribution in [0.4, 0.5) is 0 Å². The van der Waals surface area contributed by atoms with Crippen LogP contribution in [0.5, 0.6) is 0 Å². The average Bonchev–Trinajstić information content (AvgIpc) is 3.13. The van der Waals surface area contributed by atoms with Gasteiger partial charge in [-0.3, -0.25) is 9.59 Å². The van der Waals surface area contributed by atoms with E-state index in [1.54, 1.807) is 16.8 Å². The Kier molecular flexibility index (Phi) is 6.08. The van der Waals surface area contributed by atoms with E-state index in [1.165, 1.54) is 0 Å². The number of hydrogen-bond donors (Lipinski definition) is 1. The van der Waals surface area contributed by atoms with Crippen molar-refractivity contribution in [1.29, 1.82) is 0 Å². The number of ketones is 1. The molecule has 0 bridgehead atoms. The molecule has 3 aromatic rings. The first kappa shape index (κ1) is 18.9. The SMILES string of the molecule is Cc1ccc(C(=O)CCC(=O)NCc2nnnn2-c2cccc(Br)c2)cc1. The average molecular weight is 428 g/mol. The summed E-state index contributed by atoms with van der Waals surface area (Å²) < 4.78 is 2.46. The summed E-state index contributed by atoms with van der Waals surface area (Å²) in [5.41, 5.74) is 2.49. The molecule has 0 aliphatic carbocycles. The largest absolute Gasteiger partial charge is 0.349 e. The minimum atomic E-state index is -0.223. The summed E-state index contributed by atoms with van der Waals surface area (Å²) in [7, 11) is 0. The van der Waals surface area contributed by atoms with Gasteiger partial charge in [-0.1, -0.05) is 51.8 Å². The normalized spacial score (nSPS) is 10.6. The van der Waals surface area contributed by atoms with Crippen molar-refractivity contribution in [2.75, 3.05) is 0 Å². The predicted molar refractivity (Wildman–Crippen MR) is 103 cm³/mol. The second-order valence-electron chi connectivity index (χ2n) is 6.05. The predicted octanol–water partition coefficient (Wildman–Crippen LogP) is 3.01. The monoisotopic (exact) mass is 427 g/mol. The molecule has 1 N–H and O–H groups in total. The number of carbonyl (C=O) groups excluding carboxylic acids is 2. The van der Waals surface area contributed by atoms with Crippen LogP contribution in [0.1, 0.15) is 34.6 Å². The fraction of sp³-hybridized carbons (Fsp3) is 0.211. The number of halogens is 1. The molecule has 0 radical (unpaired) electrons. The van der Waals surface area contributed by atoms with Crippen LogP contribution in [0.15, 0.2) is 53.0 Å². The number of aromatic nitrogens is 4. The second-order valence-corrected chi connectivity index (χ2v) is 6.97. The van der Waals surface area contributed by atoms with Crippen molar-refractivity contribution in [3.63, 3.8) is 0 Å². The van der Waals surface area contributed by atoms with E-state index < -0.39 is 0 Å². The van der Waals surface area contributed by atoms with E-state index >= 15 is 0 Å². The van der Waals surface area contributed by atoms with Gasteiger partial charge in [0.05, 0.1) is 12.2 Å². The van der Waals surface area contributed by atoms with Crippen molar-refractivity contribution >= 4 is 27.6 Å². The van der Waals surface area contributed by atoms with Crippen LogP contribution in [0, 0.1) is 6.92 Å². The Hall–Kier alpha value is -2.87. The van der Waals surface area contributed by atoms with Crippen LogP contribution < -0.4 is 5.32 Å². The summed E-state index contributed by atoms with van der Waals surface area (Å²) in [5.74, 6) is 0.231. The molecule has 3 rings (SSSR count). The van der Waals surface area contributed by atoms with Gasteiger partial charge < -0.3 is 5.32 Å². The standard InChI is InChI=1S/C19H18BrN5O2/c1-13-5-7-14(8-6-13)17(26)9-10-19(27)21-12-18-22-23-24-25(18)16-4-2-3-15(20)11-16/h2-8,11H,9-10,12H2,1H3,(H,21,27). The van der Waals surface area contributed by atoms with E-state index in [9.17, 15) is 9.59 Å². The second kappa shape index (κ2) is 8.68. The van der Waals surface area contributed by atoms with Crippen LogP contribution in [0.25, 0.3) is 5.69 Å². The minimum absolute atomic E-state index is 0.0517. The first-order valence-electron chi connectivity index (χ1n) is 8.42. The highest BCUT2D eigenvalue weighted by Crippen LogP contribution is 2.15. The minimum Gasteiger partial charge on any atom is -0.349 e. The highest BCUT2D eigenvalue weighted by molar-refractivity contribution is 9.10. The summed E-state index contributed by atoms with van der Waals surface area (Å²) in [4.78, 5) is 24.2. The van der Waals surface area contributed by atoms with Gasteiger partial charge in [0.15, 0.2) is 11.6 Å². The summed E-state index contributed by atoms with van der Waals surface area (Å²) in [5, 5.41) is 14.3. The van der Waals surface area contributed by atoms with Crippen molar-refractivity contribution in [2.45, 2.75) is 26.3 Å². The van der Waals surface area contributed by atoms with E-state index in [0.29, 0.717) is 11.4 Å². The molecule has 8 heteroatoms. The van der Waals surface area contributed by atoms with E-state index in [4.69, 9.17) is 0 Å². The van der Waals surface area contributed by atoms with Gasteiger partial charge in [0.2, 0.25) is 5.91 Å². The molecular formula is C19H18BrN5O2. The molecular weight excluding hydrogens is 410 g/mol. The molecule has 27 heavy (non-hydrogen) atoms. The van der Waals surface area contributed by atoms with Gasteiger partial charge in [-0.05, 0) is 35.5 Å². The number of carbonyl (C=O) groups is 2. The maximum absolute atomic E-state index is 12.1. The number of Topliss-reactive ketones (excluding diaryl/α,β-unsaturated/α-hetero) is 1. The van der Waals surface area contributed by atoms with Crippen LogP contribution >= 0.6 is 15.9 Å². The zero-order chi connectivity index (χ0) is 19.2. The maximum Gasteiger partial charge on any atom is 0.220 e. The lowest BCUT2D eigenvalue weighted by atomic mass is 10.1. The number of aryl methyl sites for hydroxylation is 1. The van der Waals surface area contributed by atoms with Crippen LogP contribution in [0.3, 0.4) is 0 Å². The third-order valence-corrected chi connectivity index (χ3v) is 4.48. The van der Waals surface area contributed by atoms with Crippen molar-refractivity contribution in [3.05, 3.63) is 70.0 Å². The lowest BCUT2D eigenvalue weighted by Crippen LogP contribution is -2.25. The maximum atomic E-state index is 12.1. The van der Waals surface area contributed by atoms with Crippen LogP contribution in [-0.2, 0) is 11.3 Å². The molecule has 0 aliphatic heterocycles. The molecule has 0 saturated carbocycles. The molecule has 7 nitrogen and oxygen atoms in total. The van der Waals surface area contributed by atoms with Crippen molar-refractivity contribution in [3.8, 4) is 5.69 Å². The van der Waals surface area contributed by atoms with Gasteiger partial charge >= 0.3 is 0 Å². The highest BCUT2D eigenvalue weighted by atomic mass is 79.9. The van der Waals surface area contributed by atoms with E-state index in [2.05, 4.69) is 36.8 Å². The number of nitrogens with zero attached hydrogens (tertiary/aromatic N) is 4. The summed E-state index contributed by atoms with van der Waals surface area (Å²) in [6.45, 7) is 2.14. The van der Waals surface area contributed by atoms with Gasteiger partial charge in [0.1, 0.15) is 0 Å². The molecule has 0 spiro atoms. The Bertz CT molecular complexity index is 953. The van der Waals surface area contributed by atoms with Gasteiger partial charge in [-0.15, -0.1) is 5.10 Å². The zero-order valence-electron chi connectivity index (χ0n) is 14.7. The number of benzene rings is 2. The Labute approximate surface area is 164 Å². The Balaban J connectivity index is 1.53. The molecule has 0 unspecified atom stereocenters. The molecule has 138 valence electrons. The lowest BCUT2D eigenvalue weighted by Gasteiger charge is -2.07. The van der Waals surface area contributed by atoms with Crippen LogP contribution in [-0.4, -0.2) is 31.9 Å². The third kappa shape index (κ3) is 5.07. The number of hydrogen-bond acceptors (Lipinski definition) is 5. The van der Waals surface area contributed by atoms with Gasteiger partial charge in [0, 0.05) is 22.9 Å². The topological polar surface area (TPSA) is 89.8 Å². The molecule has 1 aromatic heterocycles. The van der Waals surface area contributed by atoms with Crippen molar-refractivity contribution < 1.29 is 9.59 Å². The Morgan fingerprint density at radius 3 is 2.63 bits per heavy atom. The molecule has 0 aliphatic rings. The van der Waals surface area contributed by atoms with Gasteiger partial charge in [-0.2, -0.15) is 4.68 Å². The molecule has 1 amide bonds. The zero-order valence-corrected chi connectivity index (χ0v) is 16.3. The summed E-state index contributed by atoms with van der Waals surface area (Å²) in [6.07, 6.45) is 0.274. The molecule has 1 heterocycles. The third-order valence-electron chi connectivity index (χ3n) is 3.98. The lowest BCUT2D eigenvalue weighted by molar-refractivity contribution is -0.121. The van der Waals surface area contributed by atoms with E-state index in [-0.39, 0.29) is 31.1 Å². The summed E-state index contributed by atoms with van der Waals surface area (Å²) >= 11 is 3.41. The Morgan fingerprint density at radius 2 is 1.89 bits per heavy atom. The number of nitrogens with one attached hydrogen (secondary N) is 1. The highest BCUT2D eigenvalue weighted by Gasteiger charge is 2.12. The molecule has 2 aromatic carbocycles. The van der Waals surface area contributed by atoms with Crippen molar-refractivity contribution in [1.82, 2.24) is 25.5 Å². The molecule has 0 atom stereocenters. The number of rotatable bonds is 7. The first-order chi connectivity index (χ1) is 13.0. The Morgan fingerprint density at radius 1 is 1.11 bits per heavy atom. The quantitative estimate of drug-likeness (QED) is 0.585. The molecule has 0 fully saturated rings. The van der Waals surface area contributed by atoms with E-state index in [1.807, 2.05) is 43.3 Å². The van der Waals surface area contributed by atoms with Gasteiger partial charge in [0.25, 0.3) is 0 Å². The van der Waals surface area contributed by atoms with Crippen molar-refractivity contribution in [2.24, 2.45) is 0 Å². The first-order valence-corrected chi connectivity index (χ1v) is 9.22. The van der Waals surface area contributed by atoms with Crippen LogP contribution in [0.2, 0.25) is 0 Å².